The molecule has 2 unspecified atom stereocenters. The predicted octanol–water partition coefficient (Wildman–Crippen LogP) is 11.0. The summed E-state index contributed by atoms with van der Waals surface area (Å²) in [5, 5.41) is 0. The molecule has 0 spiro atoms. The Labute approximate surface area is 215 Å². The summed E-state index contributed by atoms with van der Waals surface area (Å²) in [6.45, 7) is 9.36. The van der Waals surface area contributed by atoms with Crippen molar-refractivity contribution in [2.75, 3.05) is 0 Å². The van der Waals surface area contributed by atoms with Gasteiger partial charge < -0.3 is 0 Å². The van der Waals surface area contributed by atoms with Gasteiger partial charge >= 0.3 is 0 Å². The van der Waals surface area contributed by atoms with E-state index in [2.05, 4.69) is 49.6 Å². The summed E-state index contributed by atoms with van der Waals surface area (Å²) in [4.78, 5) is 3.69. The minimum atomic E-state index is 0.622. The van der Waals surface area contributed by atoms with Crippen LogP contribution >= 0.6 is 0 Å². The molecule has 1 N–H and O–H groups in total. The lowest BCUT2D eigenvalue weighted by molar-refractivity contribution is -0.727. The lowest BCUT2D eigenvalue weighted by Gasteiger charge is -2.17. The third-order valence-electron chi connectivity index (χ3n) is 7.89. The van der Waals surface area contributed by atoms with Gasteiger partial charge in [0.1, 0.15) is 12.4 Å². The van der Waals surface area contributed by atoms with E-state index >= 15 is 0 Å². The average Bonchev–Trinajstić information content (AvgIpc) is 3.33. The van der Waals surface area contributed by atoms with E-state index in [-0.39, 0.29) is 0 Å². The Hall–Kier alpha value is -0.790. The van der Waals surface area contributed by atoms with Crippen molar-refractivity contribution >= 4 is 0 Å². The molecule has 1 aromatic heterocycles. The zero-order valence-corrected chi connectivity index (χ0v) is 24.0. The first-order valence-corrected chi connectivity index (χ1v) is 15.8. The number of imidazole rings is 1. The van der Waals surface area contributed by atoms with Gasteiger partial charge in [0, 0.05) is 0 Å². The molecule has 0 aliphatic carbocycles. The van der Waals surface area contributed by atoms with Crippen molar-refractivity contribution in [1.82, 2.24) is 4.98 Å². The molecule has 1 heterocycles. The third-order valence-corrected chi connectivity index (χ3v) is 7.89. The molecular formula is C32H63N2+. The van der Waals surface area contributed by atoms with Crippen LogP contribution in [0.5, 0.6) is 0 Å². The number of aromatic nitrogens is 2. The molecule has 0 aromatic carbocycles. The van der Waals surface area contributed by atoms with Crippen LogP contribution in [0.25, 0.3) is 0 Å². The van der Waals surface area contributed by atoms with Crippen LogP contribution in [-0.4, -0.2) is 4.98 Å². The molecule has 0 amide bonds. The maximum Gasteiger partial charge on any atom is 0.257 e. The highest BCUT2D eigenvalue weighted by atomic mass is 15.1. The van der Waals surface area contributed by atoms with Crippen LogP contribution in [0, 0.1) is 0 Å². The molecule has 2 atom stereocenters. The monoisotopic (exact) mass is 475 g/mol. The van der Waals surface area contributed by atoms with Crippen LogP contribution in [0.4, 0.5) is 0 Å². The molecule has 2 heteroatoms. The Bertz CT molecular complexity index is 535. The van der Waals surface area contributed by atoms with Crippen LogP contribution in [0.15, 0.2) is 12.4 Å². The number of nitrogens with zero attached hydrogens (tertiary/aromatic N) is 1. The van der Waals surface area contributed by atoms with E-state index in [1.165, 1.54) is 154 Å². The second kappa shape index (κ2) is 22.7. The van der Waals surface area contributed by atoms with E-state index in [4.69, 9.17) is 0 Å². The Kier molecular flexibility index (Phi) is 20.8. The fourth-order valence-electron chi connectivity index (χ4n) is 5.54. The summed E-state index contributed by atoms with van der Waals surface area (Å²) >= 11 is 0. The number of hydrogen-bond acceptors (Lipinski definition) is 0. The van der Waals surface area contributed by atoms with Gasteiger partial charge in [-0.05, 0) is 32.6 Å². The molecule has 0 aliphatic rings. The van der Waals surface area contributed by atoms with Crippen molar-refractivity contribution in [3.8, 4) is 0 Å². The van der Waals surface area contributed by atoms with E-state index in [0.717, 1.165) is 0 Å². The molecule has 0 saturated heterocycles. The summed E-state index contributed by atoms with van der Waals surface area (Å²) in [5.74, 6) is 2.23. The normalized spacial score (nSPS) is 13.4. The lowest BCUT2D eigenvalue weighted by Crippen LogP contribution is -2.41. The fraction of sp³-hybridized carbons (Fsp3) is 0.906. The van der Waals surface area contributed by atoms with Crippen molar-refractivity contribution in [3.05, 3.63) is 18.2 Å². The number of aromatic amines is 1. The molecule has 0 bridgehead atoms. The van der Waals surface area contributed by atoms with Gasteiger partial charge in [-0.1, -0.05) is 143 Å². The number of hydrogen-bond donors (Lipinski definition) is 1. The highest BCUT2D eigenvalue weighted by Gasteiger charge is 2.25. The lowest BCUT2D eigenvalue weighted by atomic mass is 9.93. The standard InChI is InChI=1S/C32H62N2/c1-5-8-11-13-15-16-17-18-19-21-24-27-31(26-23-20-14-12-9-6-2)32-33-28-29-34(32)30(4)25-22-10-7-3/h28-31H,5-27H2,1-4H3/p+1. The molecule has 0 aliphatic heterocycles. The van der Waals surface area contributed by atoms with Gasteiger partial charge in [0.05, 0.1) is 12.0 Å². The van der Waals surface area contributed by atoms with Gasteiger partial charge in [-0.3, -0.25) is 0 Å². The summed E-state index contributed by atoms with van der Waals surface area (Å²) in [5.41, 5.74) is 0. The van der Waals surface area contributed by atoms with Crippen molar-refractivity contribution in [3.63, 3.8) is 0 Å². The molecule has 0 radical (unpaired) electrons. The van der Waals surface area contributed by atoms with E-state index in [0.29, 0.717) is 12.0 Å². The summed E-state index contributed by atoms with van der Waals surface area (Å²) < 4.78 is 2.59. The number of H-pyrrole nitrogens is 1. The molecule has 0 fully saturated rings. The van der Waals surface area contributed by atoms with Crippen LogP contribution in [0.2, 0.25) is 0 Å². The highest BCUT2D eigenvalue weighted by molar-refractivity contribution is 4.90. The largest absolute Gasteiger partial charge is 0.257 e. The first-order valence-electron chi connectivity index (χ1n) is 15.8. The van der Waals surface area contributed by atoms with Gasteiger partial charge in [-0.15, -0.1) is 0 Å². The van der Waals surface area contributed by atoms with E-state index in [9.17, 15) is 0 Å². The van der Waals surface area contributed by atoms with Crippen LogP contribution < -0.4 is 4.57 Å². The molecule has 2 nitrogen and oxygen atoms in total. The minimum Gasteiger partial charge on any atom is -0.247 e. The van der Waals surface area contributed by atoms with Crippen LogP contribution in [0.3, 0.4) is 0 Å². The Morgan fingerprint density at radius 1 is 0.559 bits per heavy atom. The van der Waals surface area contributed by atoms with Crippen molar-refractivity contribution in [1.29, 1.82) is 0 Å². The quantitative estimate of drug-likeness (QED) is 0.107. The third kappa shape index (κ3) is 15.3. The zero-order valence-electron chi connectivity index (χ0n) is 24.0. The first-order chi connectivity index (χ1) is 16.7. The molecule has 1 rings (SSSR count). The second-order valence-corrected chi connectivity index (χ2v) is 11.2. The Morgan fingerprint density at radius 3 is 1.41 bits per heavy atom. The second-order valence-electron chi connectivity index (χ2n) is 11.2. The molecule has 200 valence electrons. The van der Waals surface area contributed by atoms with Gasteiger partial charge in [0.15, 0.2) is 0 Å². The molecule has 0 saturated carbocycles. The maximum absolute atomic E-state index is 3.69. The number of unbranched alkanes of at least 4 members (excludes halogenated alkanes) is 17. The summed E-state index contributed by atoms with van der Waals surface area (Å²) in [7, 11) is 0. The zero-order chi connectivity index (χ0) is 24.7. The van der Waals surface area contributed by atoms with Gasteiger partial charge in [0.2, 0.25) is 0 Å². The van der Waals surface area contributed by atoms with Crippen molar-refractivity contribution < 1.29 is 4.57 Å². The summed E-state index contributed by atoms with van der Waals surface area (Å²) in [6.07, 6.45) is 36.8. The fourth-order valence-corrected chi connectivity index (χ4v) is 5.54. The van der Waals surface area contributed by atoms with Crippen LogP contribution in [-0.2, 0) is 0 Å². The predicted molar refractivity (Wildman–Crippen MR) is 152 cm³/mol. The summed E-state index contributed by atoms with van der Waals surface area (Å²) in [6, 6.07) is 0.622. The molecule has 34 heavy (non-hydrogen) atoms. The molecular weight excluding hydrogens is 412 g/mol. The van der Waals surface area contributed by atoms with Gasteiger partial charge in [-0.2, -0.15) is 0 Å². The van der Waals surface area contributed by atoms with E-state index in [1.54, 1.807) is 0 Å². The Balaban J connectivity index is 2.42. The maximum atomic E-state index is 3.69. The topological polar surface area (TPSA) is 19.7 Å². The van der Waals surface area contributed by atoms with Crippen LogP contribution in [0.1, 0.15) is 193 Å². The average molecular weight is 476 g/mol. The van der Waals surface area contributed by atoms with Gasteiger partial charge in [-0.25, -0.2) is 9.55 Å². The van der Waals surface area contributed by atoms with E-state index < -0.39 is 0 Å². The Morgan fingerprint density at radius 2 is 0.941 bits per heavy atom. The first kappa shape index (κ1) is 31.2. The number of rotatable bonds is 25. The van der Waals surface area contributed by atoms with Crippen molar-refractivity contribution in [2.45, 2.75) is 187 Å². The molecule has 1 aromatic rings. The minimum absolute atomic E-state index is 0.622. The highest BCUT2D eigenvalue weighted by Crippen LogP contribution is 2.27. The smallest absolute Gasteiger partial charge is 0.247 e. The van der Waals surface area contributed by atoms with Crippen molar-refractivity contribution in [2.24, 2.45) is 0 Å². The SMILES string of the molecule is CCCCCCCCCCCCCC(CCCCCCCC)c1[nH]cc[n+]1C(C)CCCCC. The van der Waals surface area contributed by atoms with E-state index in [1.807, 2.05) is 0 Å². The number of nitrogens with one attached hydrogen (secondary N) is 1. The van der Waals surface area contributed by atoms with Gasteiger partial charge in [0.25, 0.3) is 5.82 Å².